The second kappa shape index (κ2) is 9.26. The van der Waals surface area contributed by atoms with Gasteiger partial charge in [-0.3, -0.25) is 9.59 Å². The van der Waals surface area contributed by atoms with Gasteiger partial charge in [0, 0.05) is 10.6 Å². The van der Waals surface area contributed by atoms with Crippen molar-refractivity contribution in [3.63, 3.8) is 0 Å². The summed E-state index contributed by atoms with van der Waals surface area (Å²) in [5, 5.41) is 5.97. The van der Waals surface area contributed by atoms with Gasteiger partial charge < -0.3 is 15.4 Å². The van der Waals surface area contributed by atoms with E-state index >= 15 is 0 Å². The van der Waals surface area contributed by atoms with Crippen LogP contribution >= 0.6 is 23.2 Å². The smallest absolute Gasteiger partial charge is 0.251 e. The first-order valence-electron chi connectivity index (χ1n) is 8.37. The van der Waals surface area contributed by atoms with Gasteiger partial charge in [-0.15, -0.1) is 0 Å². The number of hydrogen-bond acceptors (Lipinski definition) is 3. The number of amides is 2. The first-order chi connectivity index (χ1) is 13.5. The van der Waals surface area contributed by atoms with E-state index in [2.05, 4.69) is 10.6 Å². The Bertz CT molecular complexity index is 994. The molecule has 0 aromatic heterocycles. The van der Waals surface area contributed by atoms with Crippen molar-refractivity contribution in [1.82, 2.24) is 5.32 Å². The lowest BCUT2D eigenvalue weighted by atomic mass is 10.2. The maximum atomic E-state index is 12.3. The Hall–Kier alpha value is -3.02. The first kappa shape index (κ1) is 19.7. The summed E-state index contributed by atoms with van der Waals surface area (Å²) in [6, 6.07) is 20.7. The lowest BCUT2D eigenvalue weighted by molar-refractivity contribution is -0.115. The van der Waals surface area contributed by atoms with Crippen molar-refractivity contribution in [2.24, 2.45) is 0 Å². The Kier molecular flexibility index (Phi) is 6.53. The molecule has 0 aliphatic heterocycles. The van der Waals surface area contributed by atoms with Crippen molar-refractivity contribution in [1.29, 1.82) is 0 Å². The van der Waals surface area contributed by atoms with Crippen LogP contribution in [0.1, 0.15) is 10.4 Å². The maximum absolute atomic E-state index is 12.3. The third-order valence-electron chi connectivity index (χ3n) is 3.69. The Morgan fingerprint density at radius 3 is 2.39 bits per heavy atom. The van der Waals surface area contributed by atoms with Gasteiger partial charge in [-0.05, 0) is 48.5 Å². The fourth-order valence-corrected chi connectivity index (χ4v) is 2.71. The van der Waals surface area contributed by atoms with E-state index in [-0.39, 0.29) is 6.54 Å². The molecule has 0 aliphatic carbocycles. The summed E-state index contributed by atoms with van der Waals surface area (Å²) in [6.45, 7) is -0.217. The van der Waals surface area contributed by atoms with Crippen LogP contribution in [0, 0.1) is 0 Å². The van der Waals surface area contributed by atoms with Crippen LogP contribution < -0.4 is 15.4 Å². The number of hydrogen-bond donors (Lipinski definition) is 2. The summed E-state index contributed by atoms with van der Waals surface area (Å²) in [5.74, 6) is 0.368. The molecule has 0 bridgehead atoms. The molecule has 0 unspecified atom stereocenters. The topological polar surface area (TPSA) is 67.4 Å². The summed E-state index contributed by atoms with van der Waals surface area (Å²) < 4.78 is 5.71. The zero-order valence-electron chi connectivity index (χ0n) is 14.6. The molecular formula is C21H16Cl2N2O3. The highest BCUT2D eigenvalue weighted by atomic mass is 35.5. The van der Waals surface area contributed by atoms with Crippen LogP contribution in [0.2, 0.25) is 10.0 Å². The Labute approximate surface area is 172 Å². The molecule has 2 N–H and O–H groups in total. The molecule has 0 saturated carbocycles. The fourth-order valence-electron chi connectivity index (χ4n) is 2.38. The van der Waals surface area contributed by atoms with Crippen LogP contribution in [-0.4, -0.2) is 18.4 Å². The lowest BCUT2D eigenvalue weighted by Gasteiger charge is -2.10. The van der Waals surface area contributed by atoms with Crippen molar-refractivity contribution in [2.45, 2.75) is 0 Å². The van der Waals surface area contributed by atoms with Gasteiger partial charge in [-0.1, -0.05) is 47.5 Å². The molecule has 7 heteroatoms. The molecule has 0 spiro atoms. The Morgan fingerprint density at radius 2 is 1.61 bits per heavy atom. The number of benzene rings is 3. The van der Waals surface area contributed by atoms with Crippen LogP contribution in [0.15, 0.2) is 72.8 Å². The number of carbonyl (C=O) groups excluding carboxylic acids is 2. The highest BCUT2D eigenvalue weighted by molar-refractivity contribution is 6.35. The van der Waals surface area contributed by atoms with Crippen LogP contribution in [0.4, 0.5) is 5.69 Å². The van der Waals surface area contributed by atoms with Crippen LogP contribution in [0.25, 0.3) is 0 Å². The van der Waals surface area contributed by atoms with Gasteiger partial charge in [-0.25, -0.2) is 0 Å². The molecule has 2 amide bonds. The number of anilines is 1. The van der Waals surface area contributed by atoms with E-state index in [1.54, 1.807) is 36.4 Å². The summed E-state index contributed by atoms with van der Waals surface area (Å²) in [5.41, 5.74) is 0.758. The standard InChI is InChI=1S/C21H16Cl2N2O3/c22-15-9-10-18(23)19(12-15)25-20(26)13-24-21(27)14-5-4-8-17(11-14)28-16-6-2-1-3-7-16/h1-12H,13H2,(H,24,27)(H,25,26). The van der Waals surface area contributed by atoms with E-state index in [1.807, 2.05) is 30.3 Å². The second-order valence-corrected chi connectivity index (χ2v) is 6.64. The van der Waals surface area contributed by atoms with Gasteiger partial charge >= 0.3 is 0 Å². The molecular weight excluding hydrogens is 399 g/mol. The average Bonchev–Trinajstić information content (AvgIpc) is 2.70. The average molecular weight is 415 g/mol. The predicted molar refractivity (Wildman–Crippen MR) is 110 cm³/mol. The van der Waals surface area contributed by atoms with Crippen molar-refractivity contribution in [2.75, 3.05) is 11.9 Å². The van der Waals surface area contributed by atoms with Gasteiger partial charge in [0.1, 0.15) is 11.5 Å². The number of para-hydroxylation sites is 1. The molecule has 0 heterocycles. The minimum Gasteiger partial charge on any atom is -0.457 e. The van der Waals surface area contributed by atoms with Crippen molar-refractivity contribution in [3.05, 3.63) is 88.4 Å². The minimum atomic E-state index is -0.422. The zero-order chi connectivity index (χ0) is 19.9. The summed E-state index contributed by atoms with van der Waals surface area (Å²) in [6.07, 6.45) is 0. The summed E-state index contributed by atoms with van der Waals surface area (Å²) >= 11 is 11.9. The minimum absolute atomic E-state index is 0.217. The maximum Gasteiger partial charge on any atom is 0.251 e. The van der Waals surface area contributed by atoms with Gasteiger partial charge in [-0.2, -0.15) is 0 Å². The summed E-state index contributed by atoms with van der Waals surface area (Å²) in [4.78, 5) is 24.4. The molecule has 0 atom stereocenters. The highest BCUT2D eigenvalue weighted by Crippen LogP contribution is 2.25. The van der Waals surface area contributed by atoms with Crippen molar-refractivity contribution in [3.8, 4) is 11.5 Å². The molecule has 28 heavy (non-hydrogen) atoms. The molecule has 3 aromatic carbocycles. The molecule has 0 radical (unpaired) electrons. The van der Waals surface area contributed by atoms with Crippen LogP contribution in [0.5, 0.6) is 11.5 Å². The number of rotatable bonds is 6. The molecule has 0 aliphatic rings. The lowest BCUT2D eigenvalue weighted by Crippen LogP contribution is -2.32. The number of carbonyl (C=O) groups is 2. The molecule has 0 fully saturated rings. The van der Waals surface area contributed by atoms with E-state index < -0.39 is 11.8 Å². The zero-order valence-corrected chi connectivity index (χ0v) is 16.1. The Balaban J connectivity index is 1.58. The van der Waals surface area contributed by atoms with E-state index in [0.29, 0.717) is 32.8 Å². The molecule has 0 saturated heterocycles. The van der Waals surface area contributed by atoms with E-state index in [0.717, 1.165) is 0 Å². The van der Waals surface area contributed by atoms with Crippen LogP contribution in [-0.2, 0) is 4.79 Å². The van der Waals surface area contributed by atoms with E-state index in [1.165, 1.54) is 6.07 Å². The monoisotopic (exact) mass is 414 g/mol. The van der Waals surface area contributed by atoms with Crippen molar-refractivity contribution < 1.29 is 14.3 Å². The summed E-state index contributed by atoms with van der Waals surface area (Å²) in [7, 11) is 0. The van der Waals surface area contributed by atoms with E-state index in [9.17, 15) is 9.59 Å². The van der Waals surface area contributed by atoms with Gasteiger partial charge in [0.15, 0.2) is 0 Å². The molecule has 3 rings (SSSR count). The van der Waals surface area contributed by atoms with Gasteiger partial charge in [0.25, 0.3) is 5.91 Å². The highest BCUT2D eigenvalue weighted by Gasteiger charge is 2.11. The largest absolute Gasteiger partial charge is 0.457 e. The predicted octanol–water partition coefficient (Wildman–Crippen LogP) is 5.15. The number of ether oxygens (including phenoxy) is 1. The second-order valence-electron chi connectivity index (χ2n) is 5.80. The number of halogens is 2. The molecule has 3 aromatic rings. The molecule has 142 valence electrons. The third kappa shape index (κ3) is 5.49. The first-order valence-corrected chi connectivity index (χ1v) is 9.13. The molecule has 5 nitrogen and oxygen atoms in total. The van der Waals surface area contributed by atoms with Crippen LogP contribution in [0.3, 0.4) is 0 Å². The normalized spacial score (nSPS) is 10.2. The fraction of sp³-hybridized carbons (Fsp3) is 0.0476. The van der Waals surface area contributed by atoms with E-state index in [4.69, 9.17) is 27.9 Å². The SMILES string of the molecule is O=C(CNC(=O)c1cccc(Oc2ccccc2)c1)Nc1cc(Cl)ccc1Cl. The Morgan fingerprint density at radius 1 is 0.857 bits per heavy atom. The van der Waals surface area contributed by atoms with Crippen molar-refractivity contribution >= 4 is 40.7 Å². The third-order valence-corrected chi connectivity index (χ3v) is 4.25. The van der Waals surface area contributed by atoms with Gasteiger partial charge in [0.05, 0.1) is 17.3 Å². The number of nitrogens with one attached hydrogen (secondary N) is 2. The quantitative estimate of drug-likeness (QED) is 0.585. The van der Waals surface area contributed by atoms with Gasteiger partial charge in [0.2, 0.25) is 5.91 Å².